The predicted octanol–water partition coefficient (Wildman–Crippen LogP) is 3.64. The Morgan fingerprint density at radius 3 is 2.38 bits per heavy atom. The lowest BCUT2D eigenvalue weighted by molar-refractivity contribution is -0.134. The number of aliphatic hydroxyl groups excluding tert-OH is 1. The zero-order valence-corrected chi connectivity index (χ0v) is 16.4. The molecule has 144 valence electrons. The van der Waals surface area contributed by atoms with Crippen LogP contribution < -0.4 is 5.32 Å². The lowest BCUT2D eigenvalue weighted by Crippen LogP contribution is -2.41. The highest BCUT2D eigenvalue weighted by Crippen LogP contribution is 2.32. The first-order chi connectivity index (χ1) is 12.5. The van der Waals surface area contributed by atoms with Crippen molar-refractivity contribution in [3.63, 3.8) is 0 Å². The highest BCUT2D eigenvalue weighted by Gasteiger charge is 2.30. The number of rotatable bonds is 5. The number of halogens is 1. The van der Waals surface area contributed by atoms with Crippen LogP contribution in [0.4, 0.5) is 0 Å². The van der Waals surface area contributed by atoms with Crippen molar-refractivity contribution in [2.75, 3.05) is 26.2 Å². The fourth-order valence-corrected chi connectivity index (χ4v) is 4.51. The molecule has 1 aromatic rings. The summed E-state index contributed by atoms with van der Waals surface area (Å²) in [6, 6.07) is 7.43. The van der Waals surface area contributed by atoms with E-state index in [2.05, 4.69) is 12.2 Å². The van der Waals surface area contributed by atoms with Gasteiger partial charge in [-0.3, -0.25) is 4.79 Å². The number of carbonyl (C=O) groups is 1. The third-order valence-corrected chi connectivity index (χ3v) is 6.49. The van der Waals surface area contributed by atoms with Gasteiger partial charge >= 0.3 is 0 Å². The highest BCUT2D eigenvalue weighted by atomic mass is 35.5. The number of piperidine rings is 2. The van der Waals surface area contributed by atoms with Crippen LogP contribution in [0, 0.1) is 17.8 Å². The van der Waals surface area contributed by atoms with Crippen LogP contribution in [0.15, 0.2) is 24.3 Å². The fourth-order valence-electron chi connectivity index (χ4n) is 4.38. The maximum atomic E-state index is 12.7. The van der Waals surface area contributed by atoms with Crippen molar-refractivity contribution in [1.29, 1.82) is 0 Å². The van der Waals surface area contributed by atoms with E-state index in [9.17, 15) is 9.90 Å². The number of nitrogens with zero attached hydrogens (tertiary/aromatic N) is 1. The largest absolute Gasteiger partial charge is 0.388 e. The standard InChI is InChI=1S/C21H31ClN2O2/c1-15(16-6-10-23-11-7-16)14-20(25)24-12-8-18(9-13-24)21(26)17-2-4-19(22)5-3-17/h2-5,15-16,18,21,23,26H,6-14H2,1H3. The molecule has 0 saturated carbocycles. The van der Waals surface area contributed by atoms with Gasteiger partial charge in [-0.1, -0.05) is 30.7 Å². The van der Waals surface area contributed by atoms with E-state index >= 15 is 0 Å². The van der Waals surface area contributed by atoms with Crippen LogP contribution in [-0.2, 0) is 4.79 Å². The summed E-state index contributed by atoms with van der Waals surface area (Å²) in [5.41, 5.74) is 0.915. The molecule has 0 aromatic heterocycles. The molecule has 2 saturated heterocycles. The summed E-state index contributed by atoms with van der Waals surface area (Å²) in [5.74, 6) is 1.63. The molecule has 0 radical (unpaired) electrons. The minimum atomic E-state index is -0.474. The molecule has 4 nitrogen and oxygen atoms in total. The summed E-state index contributed by atoms with van der Waals surface area (Å²) in [7, 11) is 0. The maximum absolute atomic E-state index is 12.7. The van der Waals surface area contributed by atoms with Crippen molar-refractivity contribution in [3.8, 4) is 0 Å². The van der Waals surface area contributed by atoms with Gasteiger partial charge in [0.15, 0.2) is 0 Å². The number of nitrogens with one attached hydrogen (secondary N) is 1. The number of hydrogen-bond donors (Lipinski definition) is 2. The van der Waals surface area contributed by atoms with Gasteiger partial charge in [-0.2, -0.15) is 0 Å². The van der Waals surface area contributed by atoms with Crippen molar-refractivity contribution < 1.29 is 9.90 Å². The van der Waals surface area contributed by atoms with Gasteiger partial charge in [-0.05, 0) is 74.2 Å². The fraction of sp³-hybridized carbons (Fsp3) is 0.667. The Labute approximate surface area is 161 Å². The second kappa shape index (κ2) is 9.20. The minimum Gasteiger partial charge on any atom is -0.388 e. The Bertz CT molecular complexity index is 578. The van der Waals surface area contributed by atoms with E-state index in [0.717, 1.165) is 44.6 Å². The molecule has 2 unspecified atom stereocenters. The van der Waals surface area contributed by atoms with Crippen molar-refractivity contribution in [2.45, 2.75) is 45.1 Å². The zero-order valence-electron chi connectivity index (χ0n) is 15.7. The van der Waals surface area contributed by atoms with Crippen LogP contribution in [0.25, 0.3) is 0 Å². The number of benzene rings is 1. The molecular weight excluding hydrogens is 348 g/mol. The number of amides is 1. The van der Waals surface area contributed by atoms with Gasteiger partial charge in [0.25, 0.3) is 0 Å². The SMILES string of the molecule is CC(CC(=O)N1CCC(C(O)c2ccc(Cl)cc2)CC1)C1CCNCC1. The average Bonchev–Trinajstić information content (AvgIpc) is 2.69. The topological polar surface area (TPSA) is 52.6 Å². The lowest BCUT2D eigenvalue weighted by atomic mass is 9.83. The van der Waals surface area contributed by atoms with Gasteiger partial charge < -0.3 is 15.3 Å². The molecule has 0 bridgehead atoms. The smallest absolute Gasteiger partial charge is 0.222 e. The maximum Gasteiger partial charge on any atom is 0.222 e. The molecule has 1 amide bonds. The molecule has 2 aliphatic heterocycles. The van der Waals surface area contributed by atoms with Crippen LogP contribution in [0.1, 0.15) is 50.7 Å². The summed E-state index contributed by atoms with van der Waals surface area (Å²) in [6.07, 6.45) is 4.27. The number of carbonyl (C=O) groups excluding carboxylic acids is 1. The highest BCUT2D eigenvalue weighted by molar-refractivity contribution is 6.30. The van der Waals surface area contributed by atoms with Gasteiger partial charge in [0, 0.05) is 24.5 Å². The Morgan fingerprint density at radius 2 is 1.77 bits per heavy atom. The zero-order chi connectivity index (χ0) is 18.5. The van der Waals surface area contributed by atoms with E-state index in [1.54, 1.807) is 0 Å². The third-order valence-electron chi connectivity index (χ3n) is 6.24. The molecule has 2 fully saturated rings. The second-order valence-electron chi connectivity index (χ2n) is 7.98. The molecule has 2 aliphatic rings. The average molecular weight is 379 g/mol. The molecule has 3 rings (SSSR count). The first-order valence-corrected chi connectivity index (χ1v) is 10.3. The van der Waals surface area contributed by atoms with Crippen molar-refractivity contribution in [3.05, 3.63) is 34.9 Å². The molecule has 2 N–H and O–H groups in total. The van der Waals surface area contributed by atoms with Gasteiger partial charge in [0.05, 0.1) is 6.10 Å². The molecule has 0 aliphatic carbocycles. The Morgan fingerprint density at radius 1 is 1.15 bits per heavy atom. The summed E-state index contributed by atoms with van der Waals surface area (Å²) in [4.78, 5) is 14.7. The molecule has 0 spiro atoms. The first kappa shape index (κ1) is 19.7. The normalized spacial score (nSPS) is 22.2. The molecule has 2 atom stereocenters. The molecule has 26 heavy (non-hydrogen) atoms. The number of likely N-dealkylation sites (tertiary alicyclic amines) is 1. The predicted molar refractivity (Wildman–Crippen MR) is 105 cm³/mol. The molecule has 1 aromatic carbocycles. The van der Waals surface area contributed by atoms with E-state index in [-0.39, 0.29) is 11.8 Å². The van der Waals surface area contributed by atoms with Crippen LogP contribution in [0.2, 0.25) is 5.02 Å². The molecule has 2 heterocycles. The van der Waals surface area contributed by atoms with Gasteiger partial charge in [0.2, 0.25) is 5.91 Å². The van der Waals surface area contributed by atoms with E-state index in [1.165, 1.54) is 12.8 Å². The Hall–Kier alpha value is -1.10. The van der Waals surface area contributed by atoms with E-state index in [4.69, 9.17) is 11.6 Å². The first-order valence-electron chi connectivity index (χ1n) is 9.96. The summed E-state index contributed by atoms with van der Waals surface area (Å²) < 4.78 is 0. The third kappa shape index (κ3) is 4.99. The van der Waals surface area contributed by atoms with Crippen molar-refractivity contribution in [2.24, 2.45) is 17.8 Å². The van der Waals surface area contributed by atoms with Crippen LogP contribution >= 0.6 is 11.6 Å². The molecule has 5 heteroatoms. The van der Waals surface area contributed by atoms with Crippen molar-refractivity contribution in [1.82, 2.24) is 10.2 Å². The quantitative estimate of drug-likeness (QED) is 0.822. The Kier molecular flexibility index (Phi) is 6.96. The second-order valence-corrected chi connectivity index (χ2v) is 8.42. The summed E-state index contributed by atoms with van der Waals surface area (Å²) in [5, 5.41) is 14.7. The lowest BCUT2D eigenvalue weighted by Gasteiger charge is -2.36. The number of hydrogen-bond acceptors (Lipinski definition) is 3. The summed E-state index contributed by atoms with van der Waals surface area (Å²) in [6.45, 7) is 5.90. The monoisotopic (exact) mass is 378 g/mol. The van der Waals surface area contributed by atoms with Crippen LogP contribution in [0.3, 0.4) is 0 Å². The Balaban J connectivity index is 1.46. The molecular formula is C21H31ClN2O2. The van der Waals surface area contributed by atoms with Crippen LogP contribution in [0.5, 0.6) is 0 Å². The van der Waals surface area contributed by atoms with Crippen molar-refractivity contribution >= 4 is 17.5 Å². The van der Waals surface area contributed by atoms with Gasteiger partial charge in [0.1, 0.15) is 0 Å². The van der Waals surface area contributed by atoms with E-state index in [1.807, 2.05) is 29.2 Å². The summed E-state index contributed by atoms with van der Waals surface area (Å²) >= 11 is 5.92. The van der Waals surface area contributed by atoms with Gasteiger partial charge in [-0.25, -0.2) is 0 Å². The van der Waals surface area contributed by atoms with Gasteiger partial charge in [-0.15, -0.1) is 0 Å². The van der Waals surface area contributed by atoms with E-state index < -0.39 is 6.10 Å². The van der Waals surface area contributed by atoms with Crippen LogP contribution in [-0.4, -0.2) is 42.1 Å². The van der Waals surface area contributed by atoms with E-state index in [0.29, 0.717) is 23.3 Å². The number of aliphatic hydroxyl groups is 1. The minimum absolute atomic E-state index is 0.210.